The Morgan fingerprint density at radius 1 is 1.15 bits per heavy atom. The fourth-order valence-corrected chi connectivity index (χ4v) is 3.26. The van der Waals surface area contributed by atoms with Crippen LogP contribution in [0.15, 0.2) is 48.1 Å². The number of likely N-dealkylation sites (N-methyl/N-ethyl adjacent to an activating group) is 1. The molecule has 0 saturated heterocycles. The Labute approximate surface area is 122 Å². The van der Waals surface area contributed by atoms with E-state index < -0.39 is 0 Å². The van der Waals surface area contributed by atoms with Crippen molar-refractivity contribution in [3.63, 3.8) is 0 Å². The van der Waals surface area contributed by atoms with Gasteiger partial charge in [0.25, 0.3) is 0 Å². The number of thiophene rings is 1. The minimum atomic E-state index is 0.293. The third-order valence-corrected chi connectivity index (χ3v) is 4.32. The van der Waals surface area contributed by atoms with Crippen LogP contribution in [0, 0.1) is 0 Å². The molecule has 0 amide bonds. The second-order valence-corrected chi connectivity index (χ2v) is 5.60. The largest absolute Gasteiger partial charge is 0.310 e. The summed E-state index contributed by atoms with van der Waals surface area (Å²) in [6.45, 7) is 3.08. The van der Waals surface area contributed by atoms with Crippen LogP contribution in [-0.2, 0) is 6.42 Å². The van der Waals surface area contributed by atoms with Gasteiger partial charge in [-0.3, -0.25) is 0 Å². The molecular formula is C16H17N3S. The molecule has 4 heteroatoms. The maximum absolute atomic E-state index is 4.49. The molecule has 0 spiro atoms. The molecule has 0 aliphatic rings. The molecule has 0 saturated carbocycles. The van der Waals surface area contributed by atoms with Gasteiger partial charge in [0.15, 0.2) is 0 Å². The second-order valence-electron chi connectivity index (χ2n) is 4.68. The molecule has 1 atom stereocenters. The van der Waals surface area contributed by atoms with Gasteiger partial charge in [-0.05, 0) is 23.6 Å². The van der Waals surface area contributed by atoms with Gasteiger partial charge in [0.05, 0.1) is 15.9 Å². The van der Waals surface area contributed by atoms with Crippen LogP contribution in [0.2, 0.25) is 0 Å². The average molecular weight is 283 g/mol. The van der Waals surface area contributed by atoms with E-state index in [0.717, 1.165) is 24.2 Å². The fraction of sp³-hybridized carbons (Fsp3) is 0.250. The van der Waals surface area contributed by atoms with Crippen LogP contribution in [-0.4, -0.2) is 16.5 Å². The number of benzene rings is 1. The van der Waals surface area contributed by atoms with Gasteiger partial charge in [0.1, 0.15) is 6.33 Å². The van der Waals surface area contributed by atoms with Crippen molar-refractivity contribution in [2.45, 2.75) is 19.4 Å². The van der Waals surface area contributed by atoms with E-state index in [1.54, 1.807) is 17.7 Å². The summed E-state index contributed by atoms with van der Waals surface area (Å²) in [7, 11) is 0. The highest BCUT2D eigenvalue weighted by molar-refractivity contribution is 7.17. The molecule has 0 fully saturated rings. The van der Waals surface area contributed by atoms with Gasteiger partial charge in [0.2, 0.25) is 0 Å². The lowest BCUT2D eigenvalue weighted by atomic mass is 10.0. The lowest BCUT2D eigenvalue weighted by Crippen LogP contribution is -2.23. The molecule has 3 nitrogen and oxygen atoms in total. The van der Waals surface area contributed by atoms with Crippen LogP contribution in [0.1, 0.15) is 24.2 Å². The van der Waals surface area contributed by atoms with Crippen molar-refractivity contribution >= 4 is 21.6 Å². The Hall–Kier alpha value is -1.78. The van der Waals surface area contributed by atoms with Crippen LogP contribution >= 0.6 is 11.3 Å². The summed E-state index contributed by atoms with van der Waals surface area (Å²) in [6, 6.07) is 12.9. The number of nitrogens with zero attached hydrogens (tertiary/aromatic N) is 2. The molecule has 3 aromatic rings. The van der Waals surface area contributed by atoms with Crippen LogP contribution in [0.3, 0.4) is 0 Å². The van der Waals surface area contributed by atoms with E-state index in [-0.39, 0.29) is 0 Å². The average Bonchev–Trinajstić information content (AvgIpc) is 2.97. The molecule has 0 bridgehead atoms. The third kappa shape index (κ3) is 2.71. The van der Waals surface area contributed by atoms with Gasteiger partial charge < -0.3 is 5.32 Å². The number of hydrogen-bond acceptors (Lipinski definition) is 4. The molecule has 0 aliphatic heterocycles. The Morgan fingerprint density at radius 3 is 2.80 bits per heavy atom. The monoisotopic (exact) mass is 283 g/mol. The van der Waals surface area contributed by atoms with E-state index >= 15 is 0 Å². The predicted octanol–water partition coefficient (Wildman–Crippen LogP) is 3.58. The first kappa shape index (κ1) is 13.2. The molecule has 0 aliphatic carbocycles. The summed E-state index contributed by atoms with van der Waals surface area (Å²) in [4.78, 5) is 8.79. The van der Waals surface area contributed by atoms with E-state index in [4.69, 9.17) is 0 Å². The first-order valence-electron chi connectivity index (χ1n) is 6.84. The summed E-state index contributed by atoms with van der Waals surface area (Å²) in [5.74, 6) is 0. The van der Waals surface area contributed by atoms with Gasteiger partial charge in [-0.25, -0.2) is 9.97 Å². The van der Waals surface area contributed by atoms with Crippen molar-refractivity contribution in [2.24, 2.45) is 0 Å². The fourth-order valence-electron chi connectivity index (χ4n) is 2.42. The first-order valence-corrected chi connectivity index (χ1v) is 7.72. The lowest BCUT2D eigenvalue weighted by molar-refractivity contribution is 0.546. The van der Waals surface area contributed by atoms with Crippen molar-refractivity contribution < 1.29 is 0 Å². The van der Waals surface area contributed by atoms with E-state index in [1.165, 1.54) is 10.3 Å². The maximum Gasteiger partial charge on any atom is 0.116 e. The SMILES string of the molecule is CCNC(Cc1ncnc2ccsc12)c1ccccc1. The summed E-state index contributed by atoms with van der Waals surface area (Å²) in [6.07, 6.45) is 2.55. The van der Waals surface area contributed by atoms with E-state index in [2.05, 4.69) is 64.0 Å². The molecule has 3 rings (SSSR count). The van der Waals surface area contributed by atoms with Crippen molar-refractivity contribution in [2.75, 3.05) is 6.54 Å². The molecule has 2 aromatic heterocycles. The normalized spacial score (nSPS) is 12.7. The molecule has 2 heterocycles. The van der Waals surface area contributed by atoms with E-state index in [1.807, 2.05) is 0 Å². The van der Waals surface area contributed by atoms with Crippen LogP contribution in [0.5, 0.6) is 0 Å². The highest BCUT2D eigenvalue weighted by Gasteiger charge is 2.14. The molecule has 102 valence electrons. The Morgan fingerprint density at radius 2 is 2.00 bits per heavy atom. The molecule has 1 unspecified atom stereocenters. The predicted molar refractivity (Wildman–Crippen MR) is 84.0 cm³/mol. The molecule has 0 radical (unpaired) electrons. The molecule has 1 aromatic carbocycles. The zero-order chi connectivity index (χ0) is 13.8. The Bertz CT molecular complexity index is 678. The van der Waals surface area contributed by atoms with Crippen LogP contribution < -0.4 is 5.32 Å². The number of fused-ring (bicyclic) bond motifs is 1. The van der Waals surface area contributed by atoms with Gasteiger partial charge in [-0.2, -0.15) is 0 Å². The summed E-state index contributed by atoms with van der Waals surface area (Å²) in [5, 5.41) is 5.63. The number of rotatable bonds is 5. The van der Waals surface area contributed by atoms with Crippen molar-refractivity contribution in [1.29, 1.82) is 0 Å². The Kier molecular flexibility index (Phi) is 4.04. The van der Waals surface area contributed by atoms with Crippen LogP contribution in [0.25, 0.3) is 10.2 Å². The highest BCUT2D eigenvalue weighted by atomic mass is 32.1. The summed E-state index contributed by atoms with van der Waals surface area (Å²) >= 11 is 1.72. The maximum atomic E-state index is 4.49. The zero-order valence-electron chi connectivity index (χ0n) is 11.4. The quantitative estimate of drug-likeness (QED) is 0.777. The first-order chi connectivity index (χ1) is 9.88. The smallest absolute Gasteiger partial charge is 0.116 e. The van der Waals surface area contributed by atoms with Crippen molar-refractivity contribution in [3.05, 3.63) is 59.4 Å². The topological polar surface area (TPSA) is 37.8 Å². The molecular weight excluding hydrogens is 266 g/mol. The van der Waals surface area contributed by atoms with Gasteiger partial charge >= 0.3 is 0 Å². The van der Waals surface area contributed by atoms with Crippen molar-refractivity contribution in [1.82, 2.24) is 15.3 Å². The molecule has 1 N–H and O–H groups in total. The highest BCUT2D eigenvalue weighted by Crippen LogP contribution is 2.25. The zero-order valence-corrected chi connectivity index (χ0v) is 12.2. The summed E-state index contributed by atoms with van der Waals surface area (Å²) < 4.78 is 1.20. The lowest BCUT2D eigenvalue weighted by Gasteiger charge is -2.18. The van der Waals surface area contributed by atoms with Gasteiger partial charge in [0, 0.05) is 12.5 Å². The second kappa shape index (κ2) is 6.11. The third-order valence-electron chi connectivity index (χ3n) is 3.37. The minimum absolute atomic E-state index is 0.293. The number of aromatic nitrogens is 2. The Balaban J connectivity index is 1.92. The number of hydrogen-bond donors (Lipinski definition) is 1. The standard InChI is InChI=1S/C16H17N3S/c1-2-17-14(12-6-4-3-5-7-12)10-15-16-13(8-9-20-16)18-11-19-15/h3-9,11,14,17H,2,10H2,1H3. The molecule has 20 heavy (non-hydrogen) atoms. The minimum Gasteiger partial charge on any atom is -0.310 e. The summed E-state index contributed by atoms with van der Waals surface area (Å²) in [5.41, 5.74) is 3.47. The van der Waals surface area contributed by atoms with Crippen molar-refractivity contribution in [3.8, 4) is 0 Å². The number of nitrogens with one attached hydrogen (secondary N) is 1. The van der Waals surface area contributed by atoms with Crippen LogP contribution in [0.4, 0.5) is 0 Å². The van der Waals surface area contributed by atoms with E-state index in [0.29, 0.717) is 6.04 Å². The van der Waals surface area contributed by atoms with E-state index in [9.17, 15) is 0 Å². The van der Waals surface area contributed by atoms with Gasteiger partial charge in [-0.15, -0.1) is 11.3 Å². The van der Waals surface area contributed by atoms with Gasteiger partial charge in [-0.1, -0.05) is 37.3 Å².